The van der Waals surface area contributed by atoms with E-state index in [2.05, 4.69) is 10.0 Å². The van der Waals surface area contributed by atoms with Crippen LogP contribution in [-0.4, -0.2) is 20.6 Å². The van der Waals surface area contributed by atoms with Gasteiger partial charge in [-0.25, -0.2) is 8.42 Å². The number of hydrogen-bond donors (Lipinski definition) is 2. The average molecular weight is 350 g/mol. The standard InChI is InChI=1S/C16H18N2O3S2/c1-11-10-13(8-9-14(11)17-12(2)19)23(20,21)18-15-6-4-5-7-16(15)22-3/h4-10,18H,1-3H3,(H,17,19). The van der Waals surface area contributed by atoms with Crippen LogP contribution in [0.1, 0.15) is 12.5 Å². The van der Waals surface area contributed by atoms with Crippen molar-refractivity contribution in [2.24, 2.45) is 0 Å². The molecule has 122 valence electrons. The molecule has 0 aliphatic heterocycles. The van der Waals surface area contributed by atoms with E-state index in [1.165, 1.54) is 30.8 Å². The third kappa shape index (κ3) is 4.27. The van der Waals surface area contributed by atoms with Crippen molar-refractivity contribution in [3.63, 3.8) is 0 Å². The molecule has 1 amide bonds. The Morgan fingerprint density at radius 1 is 1.09 bits per heavy atom. The molecule has 0 aliphatic carbocycles. The smallest absolute Gasteiger partial charge is 0.261 e. The number of nitrogens with one attached hydrogen (secondary N) is 2. The monoisotopic (exact) mass is 350 g/mol. The van der Waals surface area contributed by atoms with Crippen molar-refractivity contribution in [1.82, 2.24) is 0 Å². The predicted molar refractivity (Wildman–Crippen MR) is 94.5 cm³/mol. The highest BCUT2D eigenvalue weighted by Crippen LogP contribution is 2.28. The maximum Gasteiger partial charge on any atom is 0.261 e. The van der Waals surface area contributed by atoms with Gasteiger partial charge < -0.3 is 5.32 Å². The third-order valence-electron chi connectivity index (χ3n) is 3.17. The van der Waals surface area contributed by atoms with E-state index in [1.54, 1.807) is 25.1 Å². The maximum atomic E-state index is 12.5. The zero-order chi connectivity index (χ0) is 17.0. The third-order valence-corrected chi connectivity index (χ3v) is 5.33. The van der Waals surface area contributed by atoms with Crippen molar-refractivity contribution in [2.45, 2.75) is 23.6 Å². The number of benzene rings is 2. The highest BCUT2D eigenvalue weighted by molar-refractivity contribution is 7.99. The van der Waals surface area contributed by atoms with Gasteiger partial charge in [-0.3, -0.25) is 9.52 Å². The molecular formula is C16H18N2O3S2. The van der Waals surface area contributed by atoms with Gasteiger partial charge in [-0.15, -0.1) is 11.8 Å². The van der Waals surface area contributed by atoms with Crippen LogP contribution in [0.5, 0.6) is 0 Å². The van der Waals surface area contributed by atoms with Crippen LogP contribution in [0.15, 0.2) is 52.3 Å². The summed E-state index contributed by atoms with van der Waals surface area (Å²) in [6, 6.07) is 11.8. The van der Waals surface area contributed by atoms with Gasteiger partial charge in [-0.1, -0.05) is 12.1 Å². The van der Waals surface area contributed by atoms with Gasteiger partial charge in [-0.05, 0) is 49.1 Å². The minimum absolute atomic E-state index is 0.153. The van der Waals surface area contributed by atoms with E-state index in [0.29, 0.717) is 16.9 Å². The zero-order valence-electron chi connectivity index (χ0n) is 13.1. The first-order valence-electron chi connectivity index (χ1n) is 6.87. The van der Waals surface area contributed by atoms with E-state index >= 15 is 0 Å². The molecule has 0 aliphatic rings. The SMILES string of the molecule is CSc1ccccc1NS(=O)(=O)c1ccc(NC(C)=O)c(C)c1. The van der Waals surface area contributed by atoms with Crippen molar-refractivity contribution in [1.29, 1.82) is 0 Å². The Morgan fingerprint density at radius 3 is 2.39 bits per heavy atom. The Kier molecular flexibility index (Phi) is 5.33. The van der Waals surface area contributed by atoms with Crippen LogP contribution in [0.3, 0.4) is 0 Å². The highest BCUT2D eigenvalue weighted by Gasteiger charge is 2.17. The Balaban J connectivity index is 2.33. The van der Waals surface area contributed by atoms with Crippen LogP contribution in [0.2, 0.25) is 0 Å². The summed E-state index contributed by atoms with van der Waals surface area (Å²) < 4.78 is 27.7. The quantitative estimate of drug-likeness (QED) is 0.810. The number of hydrogen-bond acceptors (Lipinski definition) is 4. The van der Waals surface area contributed by atoms with Crippen LogP contribution in [0.4, 0.5) is 11.4 Å². The van der Waals surface area contributed by atoms with Crippen molar-refractivity contribution < 1.29 is 13.2 Å². The lowest BCUT2D eigenvalue weighted by molar-refractivity contribution is -0.114. The van der Waals surface area contributed by atoms with Crippen molar-refractivity contribution in [3.05, 3.63) is 48.0 Å². The fourth-order valence-electron chi connectivity index (χ4n) is 2.07. The van der Waals surface area contributed by atoms with Gasteiger partial charge in [-0.2, -0.15) is 0 Å². The second kappa shape index (κ2) is 7.06. The molecule has 0 unspecified atom stereocenters. The molecule has 5 nitrogen and oxygen atoms in total. The molecule has 2 aromatic rings. The molecule has 0 radical (unpaired) electrons. The first kappa shape index (κ1) is 17.4. The number of sulfonamides is 1. The summed E-state index contributed by atoms with van der Waals surface area (Å²) in [5, 5.41) is 2.66. The van der Waals surface area contributed by atoms with E-state index in [-0.39, 0.29) is 10.8 Å². The van der Waals surface area contributed by atoms with Crippen LogP contribution >= 0.6 is 11.8 Å². The number of thioether (sulfide) groups is 1. The largest absolute Gasteiger partial charge is 0.326 e. The topological polar surface area (TPSA) is 75.3 Å². The number of para-hydroxylation sites is 1. The average Bonchev–Trinajstić information content (AvgIpc) is 2.49. The van der Waals surface area contributed by atoms with Gasteiger partial charge in [0.05, 0.1) is 10.6 Å². The van der Waals surface area contributed by atoms with E-state index in [9.17, 15) is 13.2 Å². The van der Waals surface area contributed by atoms with Gasteiger partial charge in [0.15, 0.2) is 0 Å². The van der Waals surface area contributed by atoms with Crippen LogP contribution in [-0.2, 0) is 14.8 Å². The molecule has 23 heavy (non-hydrogen) atoms. The summed E-state index contributed by atoms with van der Waals surface area (Å²) in [5.41, 5.74) is 1.82. The number of carbonyl (C=O) groups is 1. The van der Waals surface area contributed by atoms with Crippen molar-refractivity contribution >= 4 is 39.1 Å². The fraction of sp³-hybridized carbons (Fsp3) is 0.188. The van der Waals surface area contributed by atoms with Crippen molar-refractivity contribution in [3.8, 4) is 0 Å². The molecule has 0 saturated carbocycles. The molecule has 7 heteroatoms. The number of carbonyl (C=O) groups excluding carboxylic acids is 1. The molecule has 0 bridgehead atoms. The second-order valence-corrected chi connectivity index (χ2v) is 7.49. The normalized spacial score (nSPS) is 11.1. The molecule has 0 aromatic heterocycles. The molecule has 2 N–H and O–H groups in total. The lowest BCUT2D eigenvalue weighted by Crippen LogP contribution is -2.14. The summed E-state index contributed by atoms with van der Waals surface area (Å²) in [5.74, 6) is -0.198. The number of aryl methyl sites for hydroxylation is 1. The first-order valence-corrected chi connectivity index (χ1v) is 9.58. The van der Waals surface area contributed by atoms with Crippen molar-refractivity contribution in [2.75, 3.05) is 16.3 Å². The van der Waals surface area contributed by atoms with Gasteiger partial charge in [0.25, 0.3) is 10.0 Å². The van der Waals surface area contributed by atoms with Crippen LogP contribution < -0.4 is 10.0 Å². The Hall–Kier alpha value is -1.99. The molecule has 0 atom stereocenters. The summed E-state index contributed by atoms with van der Waals surface area (Å²) >= 11 is 1.47. The highest BCUT2D eigenvalue weighted by atomic mass is 32.2. The minimum atomic E-state index is -3.69. The Labute approximate surface area is 140 Å². The fourth-order valence-corrected chi connectivity index (χ4v) is 3.85. The molecule has 0 heterocycles. The van der Waals surface area contributed by atoms with Crippen LogP contribution in [0, 0.1) is 6.92 Å². The summed E-state index contributed by atoms with van der Waals surface area (Å²) in [7, 11) is -3.69. The molecule has 0 fully saturated rings. The van der Waals surface area contributed by atoms with E-state index < -0.39 is 10.0 Å². The summed E-state index contributed by atoms with van der Waals surface area (Å²) in [4.78, 5) is 12.1. The maximum absolute atomic E-state index is 12.5. The molecule has 2 rings (SSSR count). The summed E-state index contributed by atoms with van der Waals surface area (Å²) in [6.07, 6.45) is 1.89. The second-order valence-electron chi connectivity index (χ2n) is 4.96. The Bertz CT molecular complexity index is 833. The summed E-state index contributed by atoms with van der Waals surface area (Å²) in [6.45, 7) is 3.16. The zero-order valence-corrected chi connectivity index (χ0v) is 14.7. The number of anilines is 2. The van der Waals surface area contributed by atoms with Gasteiger partial charge >= 0.3 is 0 Å². The minimum Gasteiger partial charge on any atom is -0.326 e. The van der Waals surface area contributed by atoms with Gasteiger partial charge in [0.2, 0.25) is 5.91 Å². The molecule has 0 saturated heterocycles. The molecule has 0 spiro atoms. The lowest BCUT2D eigenvalue weighted by atomic mass is 10.2. The van der Waals surface area contributed by atoms with Gasteiger partial charge in [0, 0.05) is 17.5 Å². The number of rotatable bonds is 5. The van der Waals surface area contributed by atoms with E-state index in [0.717, 1.165) is 4.90 Å². The van der Waals surface area contributed by atoms with Crippen LogP contribution in [0.25, 0.3) is 0 Å². The molecular weight excluding hydrogens is 332 g/mol. The number of amides is 1. The van der Waals surface area contributed by atoms with E-state index in [1.807, 2.05) is 18.4 Å². The Morgan fingerprint density at radius 2 is 1.78 bits per heavy atom. The molecule has 2 aromatic carbocycles. The predicted octanol–water partition coefficient (Wildman–Crippen LogP) is 3.48. The van der Waals surface area contributed by atoms with E-state index in [4.69, 9.17) is 0 Å². The first-order chi connectivity index (χ1) is 10.8. The van der Waals surface area contributed by atoms with Gasteiger partial charge in [0.1, 0.15) is 0 Å². The lowest BCUT2D eigenvalue weighted by Gasteiger charge is -2.13.